The van der Waals surface area contributed by atoms with E-state index in [0.717, 1.165) is 5.01 Å². The molecule has 7 heteroatoms. The molecule has 0 N–H and O–H groups in total. The average molecular weight is 347 g/mol. The van der Waals surface area contributed by atoms with E-state index in [2.05, 4.69) is 30.0 Å². The maximum absolute atomic E-state index is 12.4. The fourth-order valence-corrected chi connectivity index (χ4v) is 3.83. The van der Waals surface area contributed by atoms with E-state index < -0.39 is 0 Å². The molecule has 1 fully saturated rings. The first-order chi connectivity index (χ1) is 11.2. The number of aryl methyl sites for hydroxylation is 1. The molecule has 1 aliphatic carbocycles. The first kappa shape index (κ1) is 16.8. The fraction of sp³-hybridized carbons (Fsp3) is 0.529. The highest BCUT2D eigenvalue weighted by Crippen LogP contribution is 2.59. The molecule has 0 unspecified atom stereocenters. The molecule has 0 amide bonds. The van der Waals surface area contributed by atoms with Crippen LogP contribution in [0, 0.1) is 24.2 Å². The van der Waals surface area contributed by atoms with Crippen molar-refractivity contribution in [1.29, 1.82) is 0 Å². The highest BCUT2D eigenvalue weighted by molar-refractivity contribution is 7.16. The van der Waals surface area contributed by atoms with Crippen LogP contribution in [0.3, 0.4) is 0 Å². The zero-order chi connectivity index (χ0) is 17.6. The smallest absolute Gasteiger partial charge is 0.310 e. The summed E-state index contributed by atoms with van der Waals surface area (Å²) in [7, 11) is 0. The molecule has 24 heavy (non-hydrogen) atoms. The van der Waals surface area contributed by atoms with Gasteiger partial charge in [0.25, 0.3) is 5.56 Å². The summed E-state index contributed by atoms with van der Waals surface area (Å²) in [4.78, 5) is 29.2. The summed E-state index contributed by atoms with van der Waals surface area (Å²) >= 11 is 1.33. The van der Waals surface area contributed by atoms with Gasteiger partial charge in [-0.2, -0.15) is 9.61 Å². The van der Waals surface area contributed by atoms with E-state index in [1.165, 1.54) is 27.5 Å². The molecule has 3 rings (SSSR count). The Bertz CT molecular complexity index is 890. The number of fused-ring (bicyclic) bond motifs is 1. The van der Waals surface area contributed by atoms with Crippen molar-refractivity contribution in [1.82, 2.24) is 14.6 Å². The number of nitrogens with zero attached hydrogens (tertiary/aromatic N) is 3. The van der Waals surface area contributed by atoms with Crippen LogP contribution in [0.2, 0.25) is 0 Å². The van der Waals surface area contributed by atoms with Crippen LogP contribution in [0.25, 0.3) is 4.96 Å². The first-order valence-electron chi connectivity index (χ1n) is 7.88. The van der Waals surface area contributed by atoms with Crippen LogP contribution >= 0.6 is 11.3 Å². The van der Waals surface area contributed by atoms with Crippen molar-refractivity contribution in [2.75, 3.05) is 0 Å². The van der Waals surface area contributed by atoms with Gasteiger partial charge in [0.05, 0.1) is 11.6 Å². The molecule has 0 radical (unpaired) electrons. The second-order valence-electron chi connectivity index (χ2n) is 7.08. The minimum absolute atomic E-state index is 0.00957. The minimum atomic E-state index is -0.260. The predicted octanol–water partition coefficient (Wildman–Crippen LogP) is 2.74. The summed E-state index contributed by atoms with van der Waals surface area (Å²) in [6.07, 6.45) is 2.13. The molecular weight excluding hydrogens is 326 g/mol. The molecule has 0 saturated heterocycles. The van der Waals surface area contributed by atoms with Crippen LogP contribution in [0.15, 0.2) is 22.5 Å². The summed E-state index contributed by atoms with van der Waals surface area (Å²) in [5.74, 6) is -0.159. The van der Waals surface area contributed by atoms with Gasteiger partial charge >= 0.3 is 5.97 Å². The molecule has 0 bridgehead atoms. The summed E-state index contributed by atoms with van der Waals surface area (Å²) in [6.45, 7) is 10.0. The third-order valence-corrected chi connectivity index (χ3v) is 5.26. The van der Waals surface area contributed by atoms with Crippen molar-refractivity contribution in [2.45, 2.75) is 41.2 Å². The van der Waals surface area contributed by atoms with Crippen LogP contribution < -0.4 is 5.56 Å². The Labute approximate surface area is 144 Å². The number of hydrogen-bond acceptors (Lipinski definition) is 6. The van der Waals surface area contributed by atoms with Crippen molar-refractivity contribution < 1.29 is 9.53 Å². The van der Waals surface area contributed by atoms with Crippen molar-refractivity contribution in [3.63, 3.8) is 0 Å². The summed E-state index contributed by atoms with van der Waals surface area (Å²) < 4.78 is 6.68. The van der Waals surface area contributed by atoms with Gasteiger partial charge in [-0.05, 0) is 32.1 Å². The topological polar surface area (TPSA) is 73.6 Å². The molecular formula is C17H21N3O3S. The maximum Gasteiger partial charge on any atom is 0.310 e. The Morgan fingerprint density at radius 3 is 2.83 bits per heavy atom. The fourth-order valence-electron chi connectivity index (χ4n) is 3.06. The second-order valence-corrected chi connectivity index (χ2v) is 8.24. The van der Waals surface area contributed by atoms with Gasteiger partial charge in [0.2, 0.25) is 4.96 Å². The molecule has 0 spiro atoms. The molecule has 6 nitrogen and oxygen atoms in total. The highest BCUT2D eigenvalue weighted by atomic mass is 32.1. The summed E-state index contributed by atoms with van der Waals surface area (Å²) in [5, 5.41) is 4.85. The van der Waals surface area contributed by atoms with Crippen molar-refractivity contribution in [3.05, 3.63) is 38.8 Å². The molecule has 1 saturated carbocycles. The summed E-state index contributed by atoms with van der Waals surface area (Å²) in [5.41, 5.74) is 1.31. The molecule has 1 aliphatic rings. The van der Waals surface area contributed by atoms with Gasteiger partial charge in [-0.1, -0.05) is 36.8 Å². The zero-order valence-electron chi connectivity index (χ0n) is 14.5. The lowest BCUT2D eigenvalue weighted by Crippen LogP contribution is -2.17. The maximum atomic E-state index is 12.4. The third-order valence-electron chi connectivity index (χ3n) is 4.44. The van der Waals surface area contributed by atoms with Crippen LogP contribution in [0.1, 0.15) is 38.4 Å². The lowest BCUT2D eigenvalue weighted by atomic mass is 10.1. The number of aromatic nitrogens is 3. The van der Waals surface area contributed by atoms with Crippen LogP contribution in [-0.4, -0.2) is 20.6 Å². The minimum Gasteiger partial charge on any atom is -0.459 e. The van der Waals surface area contributed by atoms with E-state index in [4.69, 9.17) is 4.74 Å². The SMILES string of the molecule is CC(C)=C[C@H]1[C@@H](C(=O)OCc2cc(=O)n3nc(C)sc3n2)C1(C)C. The Kier molecular flexibility index (Phi) is 4.07. The molecule has 2 atom stereocenters. The number of ether oxygens (including phenoxy) is 1. The quantitative estimate of drug-likeness (QED) is 0.628. The number of hydrogen-bond donors (Lipinski definition) is 0. The van der Waals surface area contributed by atoms with E-state index in [1.54, 1.807) is 0 Å². The van der Waals surface area contributed by atoms with Crippen molar-refractivity contribution in [3.8, 4) is 0 Å². The first-order valence-corrected chi connectivity index (χ1v) is 8.70. The van der Waals surface area contributed by atoms with E-state index in [9.17, 15) is 9.59 Å². The van der Waals surface area contributed by atoms with Gasteiger partial charge in [-0.25, -0.2) is 4.98 Å². The Morgan fingerprint density at radius 2 is 2.17 bits per heavy atom. The highest BCUT2D eigenvalue weighted by Gasteiger charge is 2.61. The van der Waals surface area contributed by atoms with E-state index >= 15 is 0 Å². The number of carbonyl (C=O) groups is 1. The molecule has 0 aliphatic heterocycles. The normalized spacial score (nSPS) is 21.5. The number of allylic oxidation sites excluding steroid dienone is 2. The van der Waals surface area contributed by atoms with E-state index in [1.807, 2.05) is 20.8 Å². The largest absolute Gasteiger partial charge is 0.459 e. The number of carbonyl (C=O) groups excluding carboxylic acids is 1. The monoisotopic (exact) mass is 347 g/mol. The van der Waals surface area contributed by atoms with Crippen LogP contribution in [-0.2, 0) is 16.1 Å². The third kappa shape index (κ3) is 3.00. The molecule has 128 valence electrons. The molecule has 2 aromatic rings. The van der Waals surface area contributed by atoms with Crippen molar-refractivity contribution in [2.24, 2.45) is 17.3 Å². The van der Waals surface area contributed by atoms with Crippen molar-refractivity contribution >= 4 is 22.3 Å². The molecule has 2 heterocycles. The predicted molar refractivity (Wildman–Crippen MR) is 91.9 cm³/mol. The Balaban J connectivity index is 1.71. The van der Waals surface area contributed by atoms with Crippen LogP contribution in [0.4, 0.5) is 0 Å². The van der Waals surface area contributed by atoms with E-state index in [0.29, 0.717) is 10.7 Å². The zero-order valence-corrected chi connectivity index (χ0v) is 15.3. The van der Waals surface area contributed by atoms with Crippen LogP contribution in [0.5, 0.6) is 0 Å². The lowest BCUT2D eigenvalue weighted by molar-refractivity contribution is -0.147. The van der Waals surface area contributed by atoms with Gasteiger partial charge < -0.3 is 4.74 Å². The lowest BCUT2D eigenvalue weighted by Gasteiger charge is -2.05. The number of esters is 1. The van der Waals surface area contributed by atoms with Gasteiger partial charge in [-0.15, -0.1) is 0 Å². The van der Waals surface area contributed by atoms with Gasteiger partial charge in [0.1, 0.15) is 11.6 Å². The summed E-state index contributed by atoms with van der Waals surface area (Å²) in [6, 6.07) is 1.37. The van der Waals surface area contributed by atoms with Gasteiger partial charge in [0, 0.05) is 6.07 Å². The Hall–Kier alpha value is -2.02. The van der Waals surface area contributed by atoms with Gasteiger partial charge in [0.15, 0.2) is 0 Å². The van der Waals surface area contributed by atoms with E-state index in [-0.39, 0.29) is 35.4 Å². The molecule has 2 aromatic heterocycles. The standard InChI is InChI=1S/C17H21N3O3S/c1-9(2)6-12-14(17(12,4)5)15(22)23-8-11-7-13(21)20-16(18-11)24-10(3)19-20/h6-7,12,14H,8H2,1-5H3/t12-,14-/m0/s1. The second kappa shape index (κ2) is 5.81. The molecule has 0 aromatic carbocycles. The van der Waals surface area contributed by atoms with Gasteiger partial charge in [-0.3, -0.25) is 9.59 Å². The Morgan fingerprint density at radius 1 is 1.46 bits per heavy atom. The average Bonchev–Trinajstić information content (AvgIpc) is 2.81. The number of rotatable bonds is 4.